The van der Waals surface area contributed by atoms with Crippen LogP contribution in [0.1, 0.15) is 29.2 Å². The molecule has 4 heteroatoms. The standard InChI is InChI=1S/C17H18FNO2/c1-20-16-7-2-4-11(17(16)18)10-21-15-6-3-5-12-13(15)8-9-14(12)19/h2-7,14H,8-10,19H2,1H3. The molecule has 0 bridgehead atoms. The second-order valence-corrected chi connectivity index (χ2v) is 5.19. The van der Waals surface area contributed by atoms with Crippen molar-refractivity contribution >= 4 is 0 Å². The third-order valence-corrected chi connectivity index (χ3v) is 3.92. The molecule has 2 aromatic carbocycles. The molecule has 0 aliphatic heterocycles. The average molecular weight is 287 g/mol. The highest BCUT2D eigenvalue weighted by Crippen LogP contribution is 2.36. The Morgan fingerprint density at radius 1 is 1.19 bits per heavy atom. The second kappa shape index (κ2) is 5.74. The fraction of sp³-hybridized carbons (Fsp3) is 0.294. The van der Waals surface area contributed by atoms with Crippen molar-refractivity contribution in [3.05, 3.63) is 58.9 Å². The zero-order valence-electron chi connectivity index (χ0n) is 11.9. The topological polar surface area (TPSA) is 44.5 Å². The lowest BCUT2D eigenvalue weighted by atomic mass is 10.1. The summed E-state index contributed by atoms with van der Waals surface area (Å²) in [6, 6.07) is 11.0. The number of hydrogen-bond donors (Lipinski definition) is 1. The Morgan fingerprint density at radius 2 is 1.95 bits per heavy atom. The second-order valence-electron chi connectivity index (χ2n) is 5.19. The maximum absolute atomic E-state index is 14.1. The minimum atomic E-state index is -0.371. The normalized spacial score (nSPS) is 16.6. The van der Waals surface area contributed by atoms with Crippen molar-refractivity contribution in [3.63, 3.8) is 0 Å². The van der Waals surface area contributed by atoms with Crippen LogP contribution in [0.5, 0.6) is 11.5 Å². The molecule has 0 heterocycles. The van der Waals surface area contributed by atoms with E-state index < -0.39 is 0 Å². The van der Waals surface area contributed by atoms with E-state index in [1.165, 1.54) is 7.11 Å². The maximum Gasteiger partial charge on any atom is 0.171 e. The van der Waals surface area contributed by atoms with Crippen molar-refractivity contribution in [2.75, 3.05) is 7.11 Å². The first-order valence-corrected chi connectivity index (χ1v) is 7.02. The average Bonchev–Trinajstić information content (AvgIpc) is 2.88. The molecule has 2 aromatic rings. The molecule has 0 aromatic heterocycles. The Kier molecular flexibility index (Phi) is 3.80. The summed E-state index contributed by atoms with van der Waals surface area (Å²) >= 11 is 0. The maximum atomic E-state index is 14.1. The monoisotopic (exact) mass is 287 g/mol. The highest BCUT2D eigenvalue weighted by atomic mass is 19.1. The van der Waals surface area contributed by atoms with Crippen LogP contribution < -0.4 is 15.2 Å². The summed E-state index contributed by atoms with van der Waals surface area (Å²) in [4.78, 5) is 0. The third kappa shape index (κ3) is 2.59. The first-order chi connectivity index (χ1) is 10.2. The molecule has 0 saturated heterocycles. The summed E-state index contributed by atoms with van der Waals surface area (Å²) in [5.41, 5.74) is 8.82. The minimum absolute atomic E-state index is 0.0807. The summed E-state index contributed by atoms with van der Waals surface area (Å²) in [6.45, 7) is 0.175. The zero-order valence-corrected chi connectivity index (χ0v) is 11.9. The van der Waals surface area contributed by atoms with Gasteiger partial charge in [-0.3, -0.25) is 0 Å². The van der Waals surface area contributed by atoms with Gasteiger partial charge in [0.05, 0.1) is 7.11 Å². The summed E-state index contributed by atoms with van der Waals surface area (Å²) in [7, 11) is 1.45. The van der Waals surface area contributed by atoms with E-state index in [1.807, 2.05) is 18.2 Å². The molecule has 1 unspecified atom stereocenters. The van der Waals surface area contributed by atoms with Gasteiger partial charge in [0.15, 0.2) is 11.6 Å². The number of ether oxygens (including phenoxy) is 2. The third-order valence-electron chi connectivity index (χ3n) is 3.92. The van der Waals surface area contributed by atoms with Gasteiger partial charge >= 0.3 is 0 Å². The number of halogens is 1. The van der Waals surface area contributed by atoms with E-state index in [2.05, 4.69) is 0 Å². The molecule has 1 aliphatic carbocycles. The van der Waals surface area contributed by atoms with E-state index in [4.69, 9.17) is 15.2 Å². The largest absolute Gasteiger partial charge is 0.494 e. The van der Waals surface area contributed by atoms with Gasteiger partial charge in [0, 0.05) is 11.6 Å². The van der Waals surface area contributed by atoms with E-state index in [0.717, 1.165) is 29.7 Å². The van der Waals surface area contributed by atoms with Crippen LogP contribution in [0, 0.1) is 5.82 Å². The molecular formula is C17H18FNO2. The van der Waals surface area contributed by atoms with Crippen molar-refractivity contribution in [1.82, 2.24) is 0 Å². The minimum Gasteiger partial charge on any atom is -0.494 e. The number of hydrogen-bond acceptors (Lipinski definition) is 3. The molecule has 0 fully saturated rings. The van der Waals surface area contributed by atoms with Gasteiger partial charge in [-0.2, -0.15) is 0 Å². The van der Waals surface area contributed by atoms with Crippen molar-refractivity contribution in [2.45, 2.75) is 25.5 Å². The molecule has 110 valence electrons. The molecule has 3 rings (SSSR count). The Labute approximate surface area is 123 Å². The fourth-order valence-corrected chi connectivity index (χ4v) is 2.77. The van der Waals surface area contributed by atoms with Gasteiger partial charge in [-0.1, -0.05) is 24.3 Å². The molecular weight excluding hydrogens is 269 g/mol. The van der Waals surface area contributed by atoms with E-state index in [0.29, 0.717) is 5.56 Å². The Bertz CT molecular complexity index is 657. The lowest BCUT2D eigenvalue weighted by Gasteiger charge is -2.13. The molecule has 21 heavy (non-hydrogen) atoms. The molecule has 0 saturated carbocycles. The zero-order chi connectivity index (χ0) is 14.8. The Balaban J connectivity index is 1.80. The molecule has 0 radical (unpaired) electrons. The van der Waals surface area contributed by atoms with Gasteiger partial charge in [0.1, 0.15) is 12.4 Å². The number of methoxy groups -OCH3 is 1. The number of fused-ring (bicyclic) bond motifs is 1. The van der Waals surface area contributed by atoms with Gasteiger partial charge in [-0.15, -0.1) is 0 Å². The van der Waals surface area contributed by atoms with Gasteiger partial charge in [-0.05, 0) is 36.1 Å². The van der Waals surface area contributed by atoms with Crippen LogP contribution in [0.2, 0.25) is 0 Å². The fourth-order valence-electron chi connectivity index (χ4n) is 2.77. The van der Waals surface area contributed by atoms with Crippen LogP contribution in [0.4, 0.5) is 4.39 Å². The predicted molar refractivity (Wildman–Crippen MR) is 79.0 cm³/mol. The Morgan fingerprint density at radius 3 is 2.76 bits per heavy atom. The molecule has 3 nitrogen and oxygen atoms in total. The van der Waals surface area contributed by atoms with Crippen LogP contribution in [0.25, 0.3) is 0 Å². The lowest BCUT2D eigenvalue weighted by Crippen LogP contribution is -2.05. The van der Waals surface area contributed by atoms with E-state index in [-0.39, 0.29) is 24.2 Å². The Hall–Kier alpha value is -2.07. The van der Waals surface area contributed by atoms with E-state index in [9.17, 15) is 4.39 Å². The molecule has 1 aliphatic rings. The summed E-state index contributed by atoms with van der Waals surface area (Å²) in [5, 5.41) is 0. The molecule has 0 spiro atoms. The lowest BCUT2D eigenvalue weighted by molar-refractivity contribution is 0.293. The van der Waals surface area contributed by atoms with Crippen LogP contribution in [-0.4, -0.2) is 7.11 Å². The molecule has 2 N–H and O–H groups in total. The first-order valence-electron chi connectivity index (χ1n) is 7.02. The molecule has 0 amide bonds. The highest BCUT2D eigenvalue weighted by Gasteiger charge is 2.22. The van der Waals surface area contributed by atoms with E-state index in [1.54, 1.807) is 18.2 Å². The van der Waals surface area contributed by atoms with Crippen molar-refractivity contribution in [3.8, 4) is 11.5 Å². The predicted octanol–water partition coefficient (Wildman–Crippen LogP) is 3.36. The van der Waals surface area contributed by atoms with Crippen LogP contribution in [0.3, 0.4) is 0 Å². The van der Waals surface area contributed by atoms with Gasteiger partial charge in [0.2, 0.25) is 0 Å². The van der Waals surface area contributed by atoms with Crippen LogP contribution in [-0.2, 0) is 13.0 Å². The summed E-state index contributed by atoms with van der Waals surface area (Å²) < 4.78 is 24.9. The number of benzene rings is 2. The summed E-state index contributed by atoms with van der Waals surface area (Å²) in [5.74, 6) is 0.656. The number of nitrogens with two attached hydrogens (primary N) is 1. The number of rotatable bonds is 4. The van der Waals surface area contributed by atoms with Gasteiger partial charge < -0.3 is 15.2 Å². The molecule has 1 atom stereocenters. The van der Waals surface area contributed by atoms with Gasteiger partial charge in [-0.25, -0.2) is 4.39 Å². The quantitative estimate of drug-likeness (QED) is 0.937. The van der Waals surface area contributed by atoms with Crippen molar-refractivity contribution < 1.29 is 13.9 Å². The van der Waals surface area contributed by atoms with Crippen molar-refractivity contribution in [2.24, 2.45) is 5.73 Å². The van der Waals surface area contributed by atoms with Crippen LogP contribution in [0.15, 0.2) is 36.4 Å². The smallest absolute Gasteiger partial charge is 0.171 e. The van der Waals surface area contributed by atoms with Crippen LogP contribution >= 0.6 is 0 Å². The first kappa shape index (κ1) is 13.9. The van der Waals surface area contributed by atoms with Gasteiger partial charge in [0.25, 0.3) is 0 Å². The summed E-state index contributed by atoms with van der Waals surface area (Å²) in [6.07, 6.45) is 1.84. The highest BCUT2D eigenvalue weighted by molar-refractivity contribution is 5.45. The van der Waals surface area contributed by atoms with E-state index >= 15 is 0 Å². The SMILES string of the molecule is COc1cccc(COc2cccc3c2CCC3N)c1F. The van der Waals surface area contributed by atoms with Crippen molar-refractivity contribution in [1.29, 1.82) is 0 Å².